The number of hydrogen-bond donors (Lipinski definition) is 2. The maximum Gasteiger partial charge on any atom is 0.333 e. The number of aromatic hydroxyl groups is 1. The van der Waals surface area contributed by atoms with E-state index < -0.39 is 17.9 Å². The number of hydrogen-bond acceptors (Lipinski definition) is 6. The fourth-order valence-corrected chi connectivity index (χ4v) is 2.43. The van der Waals surface area contributed by atoms with E-state index in [9.17, 15) is 14.7 Å². The first kappa shape index (κ1) is 16.4. The summed E-state index contributed by atoms with van der Waals surface area (Å²) in [4.78, 5) is 32.6. The van der Waals surface area contributed by atoms with Gasteiger partial charge in [-0.3, -0.25) is 9.78 Å². The van der Waals surface area contributed by atoms with Crippen molar-refractivity contribution in [1.82, 2.24) is 15.3 Å². The van der Waals surface area contributed by atoms with E-state index in [4.69, 9.17) is 4.74 Å². The molecule has 2 N–H and O–H groups in total. The van der Waals surface area contributed by atoms with E-state index in [1.54, 1.807) is 42.5 Å². The van der Waals surface area contributed by atoms with Gasteiger partial charge in [-0.15, -0.1) is 0 Å². The number of amides is 1. The minimum atomic E-state index is -1.01. The summed E-state index contributed by atoms with van der Waals surface area (Å²) in [5.41, 5.74) is 0.606. The first-order chi connectivity index (χ1) is 12.1. The quantitative estimate of drug-likeness (QED) is 0.706. The summed E-state index contributed by atoms with van der Waals surface area (Å²) in [6.45, 7) is 0. The van der Waals surface area contributed by atoms with Gasteiger partial charge in [-0.1, -0.05) is 30.3 Å². The number of benzene rings is 1. The SMILES string of the molecule is COC(=O)[C@@H](NC(=O)c1ncc2cccnc2c1O)c1ccccc1. The van der Waals surface area contributed by atoms with Crippen molar-refractivity contribution in [3.63, 3.8) is 0 Å². The van der Waals surface area contributed by atoms with Crippen LogP contribution in [0, 0.1) is 0 Å². The van der Waals surface area contributed by atoms with E-state index in [0.29, 0.717) is 10.9 Å². The molecule has 0 radical (unpaired) electrons. The van der Waals surface area contributed by atoms with Crippen LogP contribution >= 0.6 is 0 Å². The molecule has 1 atom stereocenters. The molecule has 0 fully saturated rings. The Morgan fingerprint density at radius 2 is 1.88 bits per heavy atom. The lowest BCUT2D eigenvalue weighted by molar-refractivity contribution is -0.143. The van der Waals surface area contributed by atoms with E-state index in [1.165, 1.54) is 19.5 Å². The molecule has 0 aliphatic carbocycles. The van der Waals surface area contributed by atoms with Crippen LogP contribution < -0.4 is 5.32 Å². The molecule has 2 heterocycles. The second-order valence-corrected chi connectivity index (χ2v) is 5.24. The third kappa shape index (κ3) is 3.25. The molecule has 3 rings (SSSR count). The topological polar surface area (TPSA) is 101 Å². The molecule has 1 aromatic carbocycles. The van der Waals surface area contributed by atoms with Crippen LogP contribution in [0.4, 0.5) is 0 Å². The Balaban J connectivity index is 1.94. The number of carbonyl (C=O) groups is 2. The van der Waals surface area contributed by atoms with Gasteiger partial charge in [0.25, 0.3) is 5.91 Å². The van der Waals surface area contributed by atoms with Gasteiger partial charge in [-0.2, -0.15) is 0 Å². The number of nitrogens with zero attached hydrogens (tertiary/aromatic N) is 2. The molecule has 0 aliphatic heterocycles. The minimum Gasteiger partial charge on any atom is -0.504 e. The highest BCUT2D eigenvalue weighted by Crippen LogP contribution is 2.25. The van der Waals surface area contributed by atoms with E-state index in [0.717, 1.165) is 0 Å². The van der Waals surface area contributed by atoms with Gasteiger partial charge in [0.15, 0.2) is 17.5 Å². The Morgan fingerprint density at radius 3 is 2.60 bits per heavy atom. The third-order valence-corrected chi connectivity index (χ3v) is 3.68. The van der Waals surface area contributed by atoms with Crippen LogP contribution in [0.25, 0.3) is 10.9 Å². The standard InChI is InChI=1S/C18H15N3O4/c1-25-18(24)14(11-6-3-2-4-7-11)21-17(23)15-16(22)13-12(10-20-15)8-5-9-19-13/h2-10,14,22H,1H3,(H,21,23)/t14-/m0/s1. The van der Waals surface area contributed by atoms with Gasteiger partial charge >= 0.3 is 5.97 Å². The molecule has 2 aromatic heterocycles. The zero-order valence-corrected chi connectivity index (χ0v) is 13.3. The number of rotatable bonds is 4. The van der Waals surface area contributed by atoms with Gasteiger partial charge in [-0.05, 0) is 17.7 Å². The molecular formula is C18H15N3O4. The predicted octanol–water partition coefficient (Wildman–Crippen LogP) is 1.98. The zero-order valence-electron chi connectivity index (χ0n) is 13.3. The Kier molecular flexibility index (Phi) is 4.56. The van der Waals surface area contributed by atoms with Gasteiger partial charge in [0.1, 0.15) is 5.52 Å². The van der Waals surface area contributed by atoms with Gasteiger partial charge < -0.3 is 15.2 Å². The maximum atomic E-state index is 12.5. The number of ether oxygens (including phenoxy) is 1. The van der Waals surface area contributed by atoms with Crippen molar-refractivity contribution in [3.05, 3.63) is 66.1 Å². The first-order valence-corrected chi connectivity index (χ1v) is 7.48. The molecule has 0 unspecified atom stereocenters. The normalized spacial score (nSPS) is 11.7. The van der Waals surface area contributed by atoms with Crippen molar-refractivity contribution >= 4 is 22.8 Å². The van der Waals surface area contributed by atoms with Gasteiger partial charge in [0, 0.05) is 17.8 Å². The predicted molar refractivity (Wildman–Crippen MR) is 89.9 cm³/mol. The summed E-state index contributed by atoms with van der Waals surface area (Å²) < 4.78 is 4.76. The van der Waals surface area contributed by atoms with Crippen molar-refractivity contribution in [2.45, 2.75) is 6.04 Å². The fraction of sp³-hybridized carbons (Fsp3) is 0.111. The lowest BCUT2D eigenvalue weighted by Gasteiger charge is -2.17. The maximum absolute atomic E-state index is 12.5. The van der Waals surface area contributed by atoms with Crippen LogP contribution in [0.15, 0.2) is 54.9 Å². The Hall–Kier alpha value is -3.48. The Labute approximate surface area is 143 Å². The highest BCUT2D eigenvalue weighted by atomic mass is 16.5. The van der Waals surface area contributed by atoms with Crippen LogP contribution in [0.5, 0.6) is 5.75 Å². The van der Waals surface area contributed by atoms with Crippen molar-refractivity contribution in [2.24, 2.45) is 0 Å². The lowest BCUT2D eigenvalue weighted by atomic mass is 10.1. The molecule has 0 saturated heterocycles. The van der Waals surface area contributed by atoms with Gasteiger partial charge in [-0.25, -0.2) is 9.78 Å². The van der Waals surface area contributed by atoms with E-state index in [2.05, 4.69) is 15.3 Å². The van der Waals surface area contributed by atoms with Crippen molar-refractivity contribution in [3.8, 4) is 5.75 Å². The Morgan fingerprint density at radius 1 is 1.12 bits per heavy atom. The molecule has 1 amide bonds. The number of aromatic nitrogens is 2. The molecule has 126 valence electrons. The van der Waals surface area contributed by atoms with Crippen LogP contribution in [0.2, 0.25) is 0 Å². The molecule has 0 saturated carbocycles. The second kappa shape index (κ2) is 6.96. The third-order valence-electron chi connectivity index (χ3n) is 3.68. The number of carbonyl (C=O) groups excluding carboxylic acids is 2. The van der Waals surface area contributed by atoms with E-state index >= 15 is 0 Å². The van der Waals surface area contributed by atoms with Gasteiger partial charge in [0.2, 0.25) is 0 Å². The molecule has 0 bridgehead atoms. The second-order valence-electron chi connectivity index (χ2n) is 5.24. The fourth-order valence-electron chi connectivity index (χ4n) is 2.43. The number of pyridine rings is 2. The molecule has 7 heteroatoms. The lowest BCUT2D eigenvalue weighted by Crippen LogP contribution is -2.35. The summed E-state index contributed by atoms with van der Waals surface area (Å²) in [6.07, 6.45) is 2.94. The minimum absolute atomic E-state index is 0.212. The summed E-state index contributed by atoms with van der Waals surface area (Å²) in [6, 6.07) is 11.1. The van der Waals surface area contributed by atoms with E-state index in [1.807, 2.05) is 0 Å². The van der Waals surface area contributed by atoms with Crippen LogP contribution in [-0.4, -0.2) is 34.1 Å². The van der Waals surface area contributed by atoms with Crippen LogP contribution in [0.3, 0.4) is 0 Å². The van der Waals surface area contributed by atoms with Crippen LogP contribution in [-0.2, 0) is 9.53 Å². The van der Waals surface area contributed by atoms with Gasteiger partial charge in [0.05, 0.1) is 7.11 Å². The summed E-state index contributed by atoms with van der Waals surface area (Å²) >= 11 is 0. The number of fused-ring (bicyclic) bond motifs is 1. The summed E-state index contributed by atoms with van der Waals surface area (Å²) in [7, 11) is 1.24. The highest BCUT2D eigenvalue weighted by Gasteiger charge is 2.26. The molecule has 0 aliphatic rings. The average Bonchev–Trinajstić information content (AvgIpc) is 2.66. The highest BCUT2D eigenvalue weighted by molar-refractivity contribution is 6.01. The molecule has 3 aromatic rings. The van der Waals surface area contributed by atoms with Crippen LogP contribution in [0.1, 0.15) is 22.1 Å². The number of methoxy groups -OCH3 is 1. The largest absolute Gasteiger partial charge is 0.504 e. The van der Waals surface area contributed by atoms with Crippen molar-refractivity contribution in [2.75, 3.05) is 7.11 Å². The molecule has 7 nitrogen and oxygen atoms in total. The smallest absolute Gasteiger partial charge is 0.333 e. The first-order valence-electron chi connectivity index (χ1n) is 7.48. The number of nitrogens with one attached hydrogen (secondary N) is 1. The number of esters is 1. The van der Waals surface area contributed by atoms with Crippen molar-refractivity contribution < 1.29 is 19.4 Å². The molecular weight excluding hydrogens is 322 g/mol. The van der Waals surface area contributed by atoms with E-state index in [-0.39, 0.29) is 17.0 Å². The monoisotopic (exact) mass is 337 g/mol. The average molecular weight is 337 g/mol. The van der Waals surface area contributed by atoms with Crippen molar-refractivity contribution in [1.29, 1.82) is 0 Å². The summed E-state index contributed by atoms with van der Waals surface area (Å²) in [5.74, 6) is -1.67. The zero-order chi connectivity index (χ0) is 17.8. The molecule has 0 spiro atoms. The molecule has 25 heavy (non-hydrogen) atoms. The summed E-state index contributed by atoms with van der Waals surface area (Å²) in [5, 5.41) is 13.4. The Bertz CT molecular complexity index is 928.